The molecular formula is C26H29N3O5S. The van der Waals surface area contributed by atoms with Gasteiger partial charge in [0.1, 0.15) is 12.3 Å². The molecule has 35 heavy (non-hydrogen) atoms. The highest BCUT2D eigenvalue weighted by Crippen LogP contribution is 2.27. The molecule has 0 atom stereocenters. The van der Waals surface area contributed by atoms with Crippen molar-refractivity contribution < 1.29 is 22.7 Å². The van der Waals surface area contributed by atoms with E-state index >= 15 is 0 Å². The van der Waals surface area contributed by atoms with Crippen LogP contribution in [0.2, 0.25) is 0 Å². The summed E-state index contributed by atoms with van der Waals surface area (Å²) in [7, 11) is -2.61. The van der Waals surface area contributed by atoms with Gasteiger partial charge in [0.2, 0.25) is 5.91 Å². The Labute approximate surface area is 206 Å². The standard InChI is InChI=1S/C26H29N3O5S/c1-18(2)27-26(31)23-10-5-6-11-24(23)28-25(30)17-29(20-8-7-9-21(16-20)34-4)35(32,33)22-14-12-19(3)13-15-22/h5-16,18H,17H2,1-4H3,(H,27,31)(H,28,30). The Morgan fingerprint density at radius 3 is 2.31 bits per heavy atom. The van der Waals surface area contributed by atoms with Gasteiger partial charge in [-0.25, -0.2) is 8.42 Å². The largest absolute Gasteiger partial charge is 0.497 e. The number of benzene rings is 3. The minimum atomic E-state index is -4.09. The lowest BCUT2D eigenvalue weighted by molar-refractivity contribution is -0.114. The summed E-state index contributed by atoms with van der Waals surface area (Å²) < 4.78 is 33.4. The van der Waals surface area contributed by atoms with Gasteiger partial charge in [-0.15, -0.1) is 0 Å². The van der Waals surface area contributed by atoms with Crippen LogP contribution in [0.5, 0.6) is 5.75 Å². The maximum absolute atomic E-state index is 13.6. The number of carbonyl (C=O) groups is 2. The van der Waals surface area contributed by atoms with E-state index in [1.54, 1.807) is 60.7 Å². The van der Waals surface area contributed by atoms with E-state index in [0.29, 0.717) is 5.75 Å². The molecule has 0 heterocycles. The molecule has 8 nitrogen and oxygen atoms in total. The number of para-hydroxylation sites is 1. The number of rotatable bonds is 9. The lowest BCUT2D eigenvalue weighted by atomic mass is 10.1. The lowest BCUT2D eigenvalue weighted by Gasteiger charge is -2.25. The first kappa shape index (κ1) is 25.8. The van der Waals surface area contributed by atoms with Gasteiger partial charge in [0.25, 0.3) is 15.9 Å². The zero-order valence-electron chi connectivity index (χ0n) is 20.1. The van der Waals surface area contributed by atoms with Crippen molar-refractivity contribution in [1.82, 2.24) is 5.32 Å². The van der Waals surface area contributed by atoms with Crippen LogP contribution in [0, 0.1) is 6.92 Å². The number of methoxy groups -OCH3 is 1. The number of aryl methyl sites for hydroxylation is 1. The summed E-state index contributed by atoms with van der Waals surface area (Å²) in [6, 6.07) is 19.3. The fourth-order valence-corrected chi connectivity index (χ4v) is 4.78. The Balaban J connectivity index is 1.95. The van der Waals surface area contributed by atoms with Crippen molar-refractivity contribution in [3.8, 4) is 5.75 Å². The first-order chi connectivity index (χ1) is 16.6. The predicted octanol–water partition coefficient (Wildman–Crippen LogP) is 3.98. The Kier molecular flexibility index (Phi) is 8.14. The van der Waals surface area contributed by atoms with Crippen molar-refractivity contribution in [2.24, 2.45) is 0 Å². The molecule has 3 aromatic rings. The summed E-state index contributed by atoms with van der Waals surface area (Å²) in [6.07, 6.45) is 0. The topological polar surface area (TPSA) is 105 Å². The first-order valence-electron chi connectivity index (χ1n) is 11.0. The summed E-state index contributed by atoms with van der Waals surface area (Å²) in [6.45, 7) is 5.02. The number of carbonyl (C=O) groups excluding carboxylic acids is 2. The van der Waals surface area contributed by atoms with E-state index in [0.717, 1.165) is 9.87 Å². The van der Waals surface area contributed by atoms with Crippen LogP contribution in [-0.4, -0.2) is 39.9 Å². The van der Waals surface area contributed by atoms with Crippen LogP contribution in [-0.2, 0) is 14.8 Å². The van der Waals surface area contributed by atoms with Gasteiger partial charge in [0, 0.05) is 12.1 Å². The van der Waals surface area contributed by atoms with Gasteiger partial charge in [0.05, 0.1) is 28.9 Å². The molecule has 0 unspecified atom stereocenters. The molecule has 0 fully saturated rings. The van der Waals surface area contributed by atoms with E-state index in [1.165, 1.54) is 19.2 Å². The third kappa shape index (κ3) is 6.39. The zero-order valence-corrected chi connectivity index (χ0v) is 20.9. The normalized spacial score (nSPS) is 11.1. The molecule has 0 saturated carbocycles. The van der Waals surface area contributed by atoms with E-state index in [4.69, 9.17) is 4.74 Å². The van der Waals surface area contributed by atoms with Crippen molar-refractivity contribution in [3.05, 3.63) is 83.9 Å². The summed E-state index contributed by atoms with van der Waals surface area (Å²) in [5.74, 6) is -0.496. The summed E-state index contributed by atoms with van der Waals surface area (Å²) in [5, 5.41) is 5.48. The maximum Gasteiger partial charge on any atom is 0.264 e. The van der Waals surface area contributed by atoms with Crippen LogP contribution < -0.4 is 19.7 Å². The summed E-state index contributed by atoms with van der Waals surface area (Å²) >= 11 is 0. The molecule has 9 heteroatoms. The van der Waals surface area contributed by atoms with Gasteiger partial charge in [-0.1, -0.05) is 35.9 Å². The molecule has 2 N–H and O–H groups in total. The highest BCUT2D eigenvalue weighted by molar-refractivity contribution is 7.92. The number of anilines is 2. The van der Waals surface area contributed by atoms with Crippen molar-refractivity contribution >= 4 is 33.2 Å². The Morgan fingerprint density at radius 1 is 0.971 bits per heavy atom. The fourth-order valence-electron chi connectivity index (χ4n) is 3.37. The zero-order chi connectivity index (χ0) is 25.6. The van der Waals surface area contributed by atoms with Crippen LogP contribution >= 0.6 is 0 Å². The summed E-state index contributed by atoms with van der Waals surface area (Å²) in [5.41, 5.74) is 1.75. The van der Waals surface area contributed by atoms with Gasteiger partial charge in [-0.3, -0.25) is 13.9 Å². The molecular weight excluding hydrogens is 466 g/mol. The first-order valence-corrected chi connectivity index (χ1v) is 12.5. The quantitative estimate of drug-likeness (QED) is 0.467. The minimum absolute atomic E-state index is 0.0513. The van der Waals surface area contributed by atoms with Crippen molar-refractivity contribution in [2.75, 3.05) is 23.3 Å². The van der Waals surface area contributed by atoms with Crippen LogP contribution in [0.4, 0.5) is 11.4 Å². The molecule has 3 aromatic carbocycles. The molecule has 184 valence electrons. The fraction of sp³-hybridized carbons (Fsp3) is 0.231. The van der Waals surface area contributed by atoms with Gasteiger partial charge in [-0.2, -0.15) is 0 Å². The summed E-state index contributed by atoms with van der Waals surface area (Å²) in [4.78, 5) is 25.7. The SMILES string of the molecule is COc1cccc(N(CC(=O)Nc2ccccc2C(=O)NC(C)C)S(=O)(=O)c2ccc(C)cc2)c1. The number of nitrogens with one attached hydrogen (secondary N) is 2. The lowest BCUT2D eigenvalue weighted by Crippen LogP contribution is -2.38. The molecule has 0 bridgehead atoms. The van der Waals surface area contributed by atoms with E-state index in [-0.39, 0.29) is 33.8 Å². The smallest absolute Gasteiger partial charge is 0.264 e. The second kappa shape index (κ2) is 11.1. The third-order valence-electron chi connectivity index (χ3n) is 5.10. The predicted molar refractivity (Wildman–Crippen MR) is 136 cm³/mol. The van der Waals surface area contributed by atoms with Crippen molar-refractivity contribution in [1.29, 1.82) is 0 Å². The Bertz CT molecular complexity index is 1300. The number of hydrogen-bond donors (Lipinski definition) is 2. The number of sulfonamides is 1. The molecule has 2 amide bonds. The molecule has 3 rings (SSSR count). The Hall–Kier alpha value is -3.85. The van der Waals surface area contributed by atoms with E-state index in [1.807, 2.05) is 20.8 Å². The van der Waals surface area contributed by atoms with Gasteiger partial charge < -0.3 is 15.4 Å². The Morgan fingerprint density at radius 2 is 1.66 bits per heavy atom. The van der Waals surface area contributed by atoms with E-state index in [2.05, 4.69) is 10.6 Å². The van der Waals surface area contributed by atoms with Gasteiger partial charge >= 0.3 is 0 Å². The maximum atomic E-state index is 13.6. The highest BCUT2D eigenvalue weighted by Gasteiger charge is 2.28. The molecule has 0 radical (unpaired) electrons. The number of hydrogen-bond acceptors (Lipinski definition) is 5. The molecule has 0 aliphatic heterocycles. The molecule has 0 aliphatic rings. The van der Waals surface area contributed by atoms with Crippen LogP contribution in [0.15, 0.2) is 77.7 Å². The average molecular weight is 496 g/mol. The second-order valence-corrected chi connectivity index (χ2v) is 10.1. The molecule has 0 spiro atoms. The van der Waals surface area contributed by atoms with Crippen molar-refractivity contribution in [3.63, 3.8) is 0 Å². The molecule has 0 aromatic heterocycles. The monoisotopic (exact) mass is 495 g/mol. The van der Waals surface area contributed by atoms with Gasteiger partial charge in [-0.05, 0) is 57.2 Å². The number of ether oxygens (including phenoxy) is 1. The highest BCUT2D eigenvalue weighted by atomic mass is 32.2. The van der Waals surface area contributed by atoms with Crippen LogP contribution in [0.1, 0.15) is 29.8 Å². The molecule has 0 saturated heterocycles. The average Bonchev–Trinajstić information content (AvgIpc) is 2.82. The van der Waals surface area contributed by atoms with Crippen LogP contribution in [0.3, 0.4) is 0 Å². The number of amides is 2. The molecule has 0 aliphatic carbocycles. The minimum Gasteiger partial charge on any atom is -0.497 e. The van der Waals surface area contributed by atoms with Crippen molar-refractivity contribution in [2.45, 2.75) is 31.7 Å². The second-order valence-electron chi connectivity index (χ2n) is 8.25. The third-order valence-corrected chi connectivity index (χ3v) is 6.89. The van der Waals surface area contributed by atoms with E-state index < -0.39 is 22.5 Å². The number of nitrogens with zero attached hydrogens (tertiary/aromatic N) is 1. The van der Waals surface area contributed by atoms with Gasteiger partial charge in [0.15, 0.2) is 0 Å². The van der Waals surface area contributed by atoms with E-state index in [9.17, 15) is 18.0 Å². The van der Waals surface area contributed by atoms with Crippen LogP contribution in [0.25, 0.3) is 0 Å².